The number of carbonyl (C=O) groups is 2. The largest absolute Gasteiger partial charge is 0.359 e. The number of nitrogens with zero attached hydrogens (tertiary/aromatic N) is 1. The molecule has 0 unspecified atom stereocenters. The molecule has 5 heteroatoms. The summed E-state index contributed by atoms with van der Waals surface area (Å²) in [5, 5.41) is 5.85. The minimum Gasteiger partial charge on any atom is -0.359 e. The summed E-state index contributed by atoms with van der Waals surface area (Å²) in [7, 11) is 1.68. The van der Waals surface area contributed by atoms with Crippen molar-refractivity contribution in [1.29, 1.82) is 0 Å². The van der Waals surface area contributed by atoms with E-state index in [-0.39, 0.29) is 29.9 Å². The van der Waals surface area contributed by atoms with E-state index in [1.54, 1.807) is 7.05 Å². The standard InChI is InChI=1S/C18H29N3O2/c1-3-13-21(16-7-5-4-6-8-16)18(23)20-15-11-9-14(10-12-15)17(22)19-2/h1,14-16H,4-13H2,2H3,(H,19,22)(H,20,23). The molecule has 2 aliphatic rings. The highest BCUT2D eigenvalue weighted by Crippen LogP contribution is 2.26. The predicted octanol–water partition coefficient (Wildman–Crippen LogP) is 2.27. The molecule has 2 rings (SSSR count). The zero-order valence-corrected chi connectivity index (χ0v) is 14.1. The van der Waals surface area contributed by atoms with Gasteiger partial charge in [0.15, 0.2) is 0 Å². The zero-order chi connectivity index (χ0) is 16.7. The van der Waals surface area contributed by atoms with E-state index in [1.807, 2.05) is 4.90 Å². The van der Waals surface area contributed by atoms with Gasteiger partial charge in [0.2, 0.25) is 5.91 Å². The molecule has 0 aromatic carbocycles. The molecule has 0 aromatic rings. The second-order valence-corrected chi connectivity index (χ2v) is 6.74. The van der Waals surface area contributed by atoms with Crippen LogP contribution in [-0.2, 0) is 4.79 Å². The molecule has 0 atom stereocenters. The van der Waals surface area contributed by atoms with Crippen molar-refractivity contribution in [3.63, 3.8) is 0 Å². The van der Waals surface area contributed by atoms with Crippen molar-refractivity contribution in [2.24, 2.45) is 5.92 Å². The fraction of sp³-hybridized carbons (Fsp3) is 0.778. The molecule has 0 spiro atoms. The van der Waals surface area contributed by atoms with E-state index in [0.29, 0.717) is 6.54 Å². The highest BCUT2D eigenvalue weighted by atomic mass is 16.2. The normalized spacial score (nSPS) is 25.2. The van der Waals surface area contributed by atoms with Gasteiger partial charge in [-0.2, -0.15) is 0 Å². The van der Waals surface area contributed by atoms with Crippen LogP contribution in [0.2, 0.25) is 0 Å². The van der Waals surface area contributed by atoms with E-state index in [1.165, 1.54) is 19.3 Å². The minimum atomic E-state index is -0.0294. The van der Waals surface area contributed by atoms with Crippen LogP contribution in [0.1, 0.15) is 57.8 Å². The second kappa shape index (κ2) is 8.81. The fourth-order valence-corrected chi connectivity index (χ4v) is 3.82. The van der Waals surface area contributed by atoms with E-state index < -0.39 is 0 Å². The number of terminal acetylenes is 1. The van der Waals surface area contributed by atoms with Crippen LogP contribution in [0, 0.1) is 18.3 Å². The topological polar surface area (TPSA) is 61.4 Å². The molecule has 3 amide bonds. The van der Waals surface area contributed by atoms with Gasteiger partial charge in [-0.25, -0.2) is 4.79 Å². The van der Waals surface area contributed by atoms with Crippen LogP contribution in [0.15, 0.2) is 0 Å². The van der Waals surface area contributed by atoms with Gasteiger partial charge in [0.25, 0.3) is 0 Å². The number of hydrogen-bond acceptors (Lipinski definition) is 2. The van der Waals surface area contributed by atoms with Gasteiger partial charge in [-0.1, -0.05) is 25.2 Å². The second-order valence-electron chi connectivity index (χ2n) is 6.74. The fourth-order valence-electron chi connectivity index (χ4n) is 3.82. The molecule has 0 aliphatic heterocycles. The molecule has 2 aliphatic carbocycles. The van der Waals surface area contributed by atoms with Crippen LogP contribution in [0.5, 0.6) is 0 Å². The summed E-state index contributed by atoms with van der Waals surface area (Å²) in [5.74, 6) is 2.83. The van der Waals surface area contributed by atoms with E-state index in [2.05, 4.69) is 16.6 Å². The first kappa shape index (κ1) is 17.7. The zero-order valence-electron chi connectivity index (χ0n) is 14.1. The molecule has 0 radical (unpaired) electrons. The van der Waals surface area contributed by atoms with Crippen molar-refractivity contribution in [2.45, 2.75) is 69.9 Å². The average Bonchev–Trinajstić information content (AvgIpc) is 2.60. The number of amides is 3. The summed E-state index contributed by atoms with van der Waals surface area (Å²) in [6, 6.07) is 0.410. The summed E-state index contributed by atoms with van der Waals surface area (Å²) >= 11 is 0. The molecule has 5 nitrogen and oxygen atoms in total. The highest BCUT2D eigenvalue weighted by molar-refractivity contribution is 5.78. The Hall–Kier alpha value is -1.70. The van der Waals surface area contributed by atoms with E-state index >= 15 is 0 Å². The first-order valence-corrected chi connectivity index (χ1v) is 8.88. The lowest BCUT2D eigenvalue weighted by molar-refractivity contribution is -0.125. The first-order valence-electron chi connectivity index (χ1n) is 8.88. The molecule has 128 valence electrons. The lowest BCUT2D eigenvalue weighted by Gasteiger charge is -2.35. The molecule has 0 bridgehead atoms. The number of urea groups is 1. The van der Waals surface area contributed by atoms with E-state index in [4.69, 9.17) is 6.42 Å². The van der Waals surface area contributed by atoms with Crippen molar-refractivity contribution in [3.8, 4) is 12.3 Å². The van der Waals surface area contributed by atoms with Crippen molar-refractivity contribution in [2.75, 3.05) is 13.6 Å². The van der Waals surface area contributed by atoms with Gasteiger partial charge in [0.05, 0.1) is 6.54 Å². The highest BCUT2D eigenvalue weighted by Gasteiger charge is 2.29. The number of rotatable bonds is 4. The van der Waals surface area contributed by atoms with Crippen LogP contribution in [-0.4, -0.2) is 42.5 Å². The predicted molar refractivity (Wildman–Crippen MR) is 90.8 cm³/mol. The lowest BCUT2D eigenvalue weighted by atomic mass is 9.85. The maximum absolute atomic E-state index is 12.6. The van der Waals surface area contributed by atoms with Crippen LogP contribution in [0.4, 0.5) is 4.79 Å². The lowest BCUT2D eigenvalue weighted by Crippen LogP contribution is -2.51. The first-order chi connectivity index (χ1) is 11.2. The molecule has 23 heavy (non-hydrogen) atoms. The molecule has 2 fully saturated rings. The Morgan fingerprint density at radius 3 is 2.30 bits per heavy atom. The molecular weight excluding hydrogens is 290 g/mol. The van der Waals surface area contributed by atoms with Crippen molar-refractivity contribution >= 4 is 11.9 Å². The molecule has 2 N–H and O–H groups in total. The monoisotopic (exact) mass is 319 g/mol. The Morgan fingerprint density at radius 1 is 1.09 bits per heavy atom. The average molecular weight is 319 g/mol. The minimum absolute atomic E-state index is 0.0294. The maximum Gasteiger partial charge on any atom is 0.318 e. The third kappa shape index (κ3) is 4.89. The Kier molecular flexibility index (Phi) is 6.76. The Balaban J connectivity index is 1.84. The van der Waals surface area contributed by atoms with E-state index in [0.717, 1.165) is 38.5 Å². The molecule has 0 heterocycles. The molecule has 2 saturated carbocycles. The van der Waals surface area contributed by atoms with Gasteiger partial charge in [0, 0.05) is 25.0 Å². The summed E-state index contributed by atoms with van der Waals surface area (Å²) in [6.45, 7) is 0.379. The third-order valence-electron chi connectivity index (χ3n) is 5.21. The number of carbonyl (C=O) groups excluding carboxylic acids is 2. The van der Waals surface area contributed by atoms with Crippen LogP contribution in [0.25, 0.3) is 0 Å². The van der Waals surface area contributed by atoms with Gasteiger partial charge in [0.1, 0.15) is 0 Å². The van der Waals surface area contributed by atoms with E-state index in [9.17, 15) is 9.59 Å². The Bertz CT molecular complexity index is 444. The van der Waals surface area contributed by atoms with Crippen molar-refractivity contribution < 1.29 is 9.59 Å². The summed E-state index contributed by atoms with van der Waals surface area (Å²) < 4.78 is 0. The molecular formula is C18H29N3O2. The van der Waals surface area contributed by atoms with Crippen LogP contribution >= 0.6 is 0 Å². The van der Waals surface area contributed by atoms with Gasteiger partial charge >= 0.3 is 6.03 Å². The quantitative estimate of drug-likeness (QED) is 0.781. The number of hydrogen-bond donors (Lipinski definition) is 2. The van der Waals surface area contributed by atoms with Crippen LogP contribution in [0.3, 0.4) is 0 Å². The van der Waals surface area contributed by atoms with Gasteiger partial charge < -0.3 is 15.5 Å². The summed E-state index contributed by atoms with van der Waals surface area (Å²) in [5.41, 5.74) is 0. The smallest absolute Gasteiger partial charge is 0.318 e. The van der Waals surface area contributed by atoms with Crippen LogP contribution < -0.4 is 10.6 Å². The Labute approximate surface area is 139 Å². The third-order valence-corrected chi connectivity index (χ3v) is 5.21. The molecule has 0 saturated heterocycles. The van der Waals surface area contributed by atoms with Gasteiger partial charge in [-0.3, -0.25) is 4.79 Å². The SMILES string of the molecule is C#CCN(C(=O)NC1CCC(C(=O)NC)CC1)C1CCCCC1. The summed E-state index contributed by atoms with van der Waals surface area (Å²) in [4.78, 5) is 26.1. The van der Waals surface area contributed by atoms with Gasteiger partial charge in [-0.05, 0) is 38.5 Å². The van der Waals surface area contributed by atoms with Crippen molar-refractivity contribution in [3.05, 3.63) is 0 Å². The summed E-state index contributed by atoms with van der Waals surface area (Å²) in [6.07, 6.45) is 14.6. The van der Waals surface area contributed by atoms with Crippen molar-refractivity contribution in [1.82, 2.24) is 15.5 Å². The van der Waals surface area contributed by atoms with Gasteiger partial charge in [-0.15, -0.1) is 6.42 Å². The maximum atomic E-state index is 12.6. The number of nitrogens with one attached hydrogen (secondary N) is 2. The molecule has 0 aromatic heterocycles. The Morgan fingerprint density at radius 2 is 1.74 bits per heavy atom.